The summed E-state index contributed by atoms with van der Waals surface area (Å²) in [6.07, 6.45) is 0.158. The molecule has 3 nitrogen and oxygen atoms in total. The Kier molecular flexibility index (Phi) is 2.76. The Labute approximate surface area is 86.6 Å². The smallest absolute Gasteiger partial charge is 0.191 e. The molecule has 0 unspecified atom stereocenters. The maximum Gasteiger partial charge on any atom is 0.191 e. The highest BCUT2D eigenvalue weighted by atomic mass is 19.1. The highest BCUT2D eigenvalue weighted by molar-refractivity contribution is 6.07. The second kappa shape index (κ2) is 4.21. The SMILES string of the molecule is O=C(CC1=NCCO1)c1ccc(F)cc1. The van der Waals surface area contributed by atoms with E-state index >= 15 is 0 Å². The van der Waals surface area contributed by atoms with Crippen LogP contribution in [0.1, 0.15) is 16.8 Å². The molecule has 0 aromatic heterocycles. The monoisotopic (exact) mass is 207 g/mol. The van der Waals surface area contributed by atoms with E-state index in [1.165, 1.54) is 24.3 Å². The Balaban J connectivity index is 2.04. The quantitative estimate of drug-likeness (QED) is 0.709. The van der Waals surface area contributed by atoms with E-state index in [4.69, 9.17) is 4.74 Å². The van der Waals surface area contributed by atoms with Crippen LogP contribution in [0.5, 0.6) is 0 Å². The van der Waals surface area contributed by atoms with Crippen molar-refractivity contribution >= 4 is 11.7 Å². The highest BCUT2D eigenvalue weighted by Crippen LogP contribution is 2.08. The predicted molar refractivity (Wildman–Crippen MR) is 53.6 cm³/mol. The van der Waals surface area contributed by atoms with Crippen molar-refractivity contribution < 1.29 is 13.9 Å². The first-order valence-electron chi connectivity index (χ1n) is 4.70. The third-order valence-corrected chi connectivity index (χ3v) is 2.13. The third-order valence-electron chi connectivity index (χ3n) is 2.13. The molecule has 78 valence electrons. The summed E-state index contributed by atoms with van der Waals surface area (Å²) in [5, 5.41) is 0. The van der Waals surface area contributed by atoms with Gasteiger partial charge in [0.15, 0.2) is 11.7 Å². The van der Waals surface area contributed by atoms with Gasteiger partial charge in [-0.25, -0.2) is 4.39 Å². The Morgan fingerprint density at radius 1 is 1.40 bits per heavy atom. The Hall–Kier alpha value is -1.71. The van der Waals surface area contributed by atoms with Gasteiger partial charge >= 0.3 is 0 Å². The Bertz CT molecular complexity index is 398. The molecule has 1 aromatic rings. The lowest BCUT2D eigenvalue weighted by Crippen LogP contribution is -2.08. The van der Waals surface area contributed by atoms with E-state index in [0.29, 0.717) is 24.6 Å². The highest BCUT2D eigenvalue weighted by Gasteiger charge is 2.14. The van der Waals surface area contributed by atoms with Crippen molar-refractivity contribution in [2.45, 2.75) is 6.42 Å². The van der Waals surface area contributed by atoms with Crippen molar-refractivity contribution in [3.05, 3.63) is 35.6 Å². The minimum atomic E-state index is -0.346. The zero-order valence-corrected chi connectivity index (χ0v) is 8.07. The maximum absolute atomic E-state index is 12.6. The number of carbonyl (C=O) groups is 1. The number of rotatable bonds is 3. The summed E-state index contributed by atoms with van der Waals surface area (Å²) in [7, 11) is 0. The van der Waals surface area contributed by atoms with Gasteiger partial charge < -0.3 is 4.74 Å². The van der Waals surface area contributed by atoms with E-state index < -0.39 is 0 Å². The van der Waals surface area contributed by atoms with Gasteiger partial charge in [-0.3, -0.25) is 9.79 Å². The maximum atomic E-state index is 12.6. The number of Topliss-reactive ketones (excluding diaryl/α,β-unsaturated/α-hetero) is 1. The lowest BCUT2D eigenvalue weighted by atomic mass is 10.1. The molecule has 0 spiro atoms. The summed E-state index contributed by atoms with van der Waals surface area (Å²) in [5.41, 5.74) is 0.481. The second-order valence-corrected chi connectivity index (χ2v) is 3.23. The van der Waals surface area contributed by atoms with Gasteiger partial charge in [0.25, 0.3) is 0 Å². The predicted octanol–water partition coefficient (Wildman–Crippen LogP) is 1.83. The van der Waals surface area contributed by atoms with Gasteiger partial charge in [-0.05, 0) is 24.3 Å². The van der Waals surface area contributed by atoms with E-state index in [2.05, 4.69) is 4.99 Å². The van der Waals surface area contributed by atoms with E-state index in [9.17, 15) is 9.18 Å². The molecule has 0 fully saturated rings. The van der Waals surface area contributed by atoms with E-state index in [1.807, 2.05) is 0 Å². The minimum absolute atomic E-state index is 0.101. The summed E-state index contributed by atoms with van der Waals surface area (Å²) in [6, 6.07) is 5.47. The van der Waals surface area contributed by atoms with Crippen molar-refractivity contribution in [2.24, 2.45) is 4.99 Å². The van der Waals surface area contributed by atoms with Crippen LogP contribution in [0.15, 0.2) is 29.3 Å². The molecule has 0 radical (unpaired) electrons. The zero-order valence-electron chi connectivity index (χ0n) is 8.07. The summed E-state index contributed by atoms with van der Waals surface area (Å²) in [4.78, 5) is 15.6. The first kappa shape index (κ1) is 9.83. The van der Waals surface area contributed by atoms with Crippen molar-refractivity contribution in [1.82, 2.24) is 0 Å². The molecule has 15 heavy (non-hydrogen) atoms. The molecule has 0 bridgehead atoms. The molecule has 0 saturated carbocycles. The van der Waals surface area contributed by atoms with E-state index in [1.54, 1.807) is 0 Å². The number of hydrogen-bond acceptors (Lipinski definition) is 3. The number of nitrogens with zero attached hydrogens (tertiary/aromatic N) is 1. The van der Waals surface area contributed by atoms with Crippen molar-refractivity contribution in [3.63, 3.8) is 0 Å². The van der Waals surface area contributed by atoms with Crippen LogP contribution in [0.2, 0.25) is 0 Å². The summed E-state index contributed by atoms with van der Waals surface area (Å²) < 4.78 is 17.7. The largest absolute Gasteiger partial charge is 0.479 e. The van der Waals surface area contributed by atoms with Crippen molar-refractivity contribution in [1.29, 1.82) is 0 Å². The van der Waals surface area contributed by atoms with Crippen molar-refractivity contribution in [2.75, 3.05) is 13.2 Å². The molecule has 0 aliphatic carbocycles. The van der Waals surface area contributed by atoms with Crippen LogP contribution in [0.25, 0.3) is 0 Å². The number of ether oxygens (including phenoxy) is 1. The molecule has 0 atom stereocenters. The number of hydrogen-bond donors (Lipinski definition) is 0. The topological polar surface area (TPSA) is 38.7 Å². The number of ketones is 1. The van der Waals surface area contributed by atoms with Gasteiger partial charge in [0, 0.05) is 5.56 Å². The third kappa shape index (κ3) is 2.40. The zero-order chi connectivity index (χ0) is 10.7. The molecule has 1 heterocycles. The summed E-state index contributed by atoms with van der Waals surface area (Å²) >= 11 is 0. The number of aliphatic imine (C=N–C) groups is 1. The van der Waals surface area contributed by atoms with Gasteiger partial charge in [0.05, 0.1) is 13.0 Å². The first-order chi connectivity index (χ1) is 7.25. The van der Waals surface area contributed by atoms with Crippen LogP contribution in [0.3, 0.4) is 0 Å². The lowest BCUT2D eigenvalue weighted by molar-refractivity contribution is 0.0994. The summed E-state index contributed by atoms with van der Waals surface area (Å²) in [5.74, 6) is 0.0287. The van der Waals surface area contributed by atoms with Crippen LogP contribution in [0.4, 0.5) is 4.39 Å². The van der Waals surface area contributed by atoms with Gasteiger partial charge in [-0.1, -0.05) is 0 Å². The molecule has 1 aromatic carbocycles. The lowest BCUT2D eigenvalue weighted by Gasteiger charge is -2.01. The number of benzene rings is 1. The molecular formula is C11H10FNO2. The van der Waals surface area contributed by atoms with Crippen LogP contribution in [-0.2, 0) is 4.74 Å². The number of halogens is 1. The van der Waals surface area contributed by atoms with Gasteiger partial charge in [-0.2, -0.15) is 0 Å². The molecule has 0 saturated heterocycles. The standard InChI is InChI=1S/C11H10FNO2/c12-9-3-1-8(2-4-9)10(14)7-11-13-5-6-15-11/h1-4H,5-7H2. The van der Waals surface area contributed by atoms with Gasteiger partial charge in [0.2, 0.25) is 0 Å². The first-order valence-corrected chi connectivity index (χ1v) is 4.70. The van der Waals surface area contributed by atoms with Crippen LogP contribution < -0.4 is 0 Å². The number of carbonyl (C=O) groups excluding carboxylic acids is 1. The van der Waals surface area contributed by atoms with E-state index in [-0.39, 0.29) is 18.0 Å². The van der Waals surface area contributed by atoms with Gasteiger partial charge in [0.1, 0.15) is 12.4 Å². The molecule has 2 rings (SSSR count). The molecule has 0 amide bonds. The van der Waals surface area contributed by atoms with Crippen LogP contribution in [0, 0.1) is 5.82 Å². The van der Waals surface area contributed by atoms with Crippen LogP contribution >= 0.6 is 0 Å². The van der Waals surface area contributed by atoms with Crippen molar-refractivity contribution in [3.8, 4) is 0 Å². The van der Waals surface area contributed by atoms with E-state index in [0.717, 1.165) is 0 Å². The molecular weight excluding hydrogens is 197 g/mol. The Morgan fingerprint density at radius 2 is 2.13 bits per heavy atom. The average molecular weight is 207 g/mol. The molecule has 0 N–H and O–H groups in total. The average Bonchev–Trinajstić information content (AvgIpc) is 2.71. The minimum Gasteiger partial charge on any atom is -0.479 e. The fraction of sp³-hybridized carbons (Fsp3) is 0.273. The Morgan fingerprint density at radius 3 is 2.73 bits per heavy atom. The fourth-order valence-corrected chi connectivity index (χ4v) is 1.36. The molecule has 1 aliphatic rings. The fourth-order valence-electron chi connectivity index (χ4n) is 1.36. The summed E-state index contributed by atoms with van der Waals surface area (Å²) in [6.45, 7) is 1.16. The normalized spacial score (nSPS) is 14.6. The molecule has 4 heteroatoms. The second-order valence-electron chi connectivity index (χ2n) is 3.23. The molecule has 1 aliphatic heterocycles. The van der Waals surface area contributed by atoms with Crippen LogP contribution in [-0.4, -0.2) is 24.8 Å². The van der Waals surface area contributed by atoms with Gasteiger partial charge in [-0.15, -0.1) is 0 Å².